The molecule has 0 radical (unpaired) electrons. The van der Waals surface area contributed by atoms with Crippen LogP contribution in [0.15, 0.2) is 67.0 Å². The molecule has 1 amide bonds. The number of nitrogens with one attached hydrogen (secondary N) is 2. The Morgan fingerprint density at radius 1 is 1.11 bits per heavy atom. The van der Waals surface area contributed by atoms with Gasteiger partial charge >= 0.3 is 0 Å². The van der Waals surface area contributed by atoms with Crippen LogP contribution in [0.3, 0.4) is 0 Å². The van der Waals surface area contributed by atoms with Gasteiger partial charge in [-0.05, 0) is 36.2 Å². The summed E-state index contributed by atoms with van der Waals surface area (Å²) in [6, 6.07) is 17.0. The molecule has 0 spiro atoms. The van der Waals surface area contributed by atoms with Gasteiger partial charge in [0.25, 0.3) is 5.91 Å². The van der Waals surface area contributed by atoms with Crippen LogP contribution in [0.2, 0.25) is 5.02 Å². The molecular formula is C21H20ClN3O2. The average Bonchev–Trinajstić information content (AvgIpc) is 2.69. The number of carbonyl (C=O) groups excluding carboxylic acids is 1. The predicted molar refractivity (Wildman–Crippen MR) is 108 cm³/mol. The second kappa shape index (κ2) is 9.05. The lowest BCUT2D eigenvalue weighted by atomic mass is 10.1. The van der Waals surface area contributed by atoms with E-state index in [1.54, 1.807) is 37.6 Å². The summed E-state index contributed by atoms with van der Waals surface area (Å²) in [6.45, 7) is 0.558. The Labute approximate surface area is 163 Å². The number of benzene rings is 2. The van der Waals surface area contributed by atoms with Gasteiger partial charge in [-0.25, -0.2) is 0 Å². The molecule has 1 heterocycles. The first-order valence-corrected chi connectivity index (χ1v) is 8.91. The van der Waals surface area contributed by atoms with E-state index >= 15 is 0 Å². The maximum atomic E-state index is 12.4. The van der Waals surface area contributed by atoms with Gasteiger partial charge < -0.3 is 15.4 Å². The SMILES string of the molecule is COc1ccc(Cl)cc1Nc1cncc(C(=O)NCCc2ccccc2)c1. The third kappa shape index (κ3) is 5.21. The first-order chi connectivity index (χ1) is 13.2. The van der Waals surface area contributed by atoms with Crippen LogP contribution in [0.4, 0.5) is 11.4 Å². The molecule has 2 N–H and O–H groups in total. The molecule has 0 bridgehead atoms. The molecule has 0 saturated carbocycles. The fourth-order valence-corrected chi connectivity index (χ4v) is 2.81. The van der Waals surface area contributed by atoms with Crippen molar-refractivity contribution in [2.45, 2.75) is 6.42 Å². The summed E-state index contributed by atoms with van der Waals surface area (Å²) < 4.78 is 5.32. The van der Waals surface area contributed by atoms with Crippen molar-refractivity contribution in [3.05, 3.63) is 83.1 Å². The van der Waals surface area contributed by atoms with Gasteiger partial charge in [0.05, 0.1) is 30.2 Å². The fraction of sp³-hybridized carbons (Fsp3) is 0.143. The van der Waals surface area contributed by atoms with E-state index in [0.717, 1.165) is 6.42 Å². The largest absolute Gasteiger partial charge is 0.495 e. The lowest BCUT2D eigenvalue weighted by molar-refractivity contribution is 0.0954. The van der Waals surface area contributed by atoms with Crippen LogP contribution < -0.4 is 15.4 Å². The van der Waals surface area contributed by atoms with Gasteiger partial charge in [0.2, 0.25) is 0 Å². The summed E-state index contributed by atoms with van der Waals surface area (Å²) in [7, 11) is 1.59. The monoisotopic (exact) mass is 381 g/mol. The van der Waals surface area contributed by atoms with Gasteiger partial charge in [0, 0.05) is 17.8 Å². The average molecular weight is 382 g/mol. The van der Waals surface area contributed by atoms with Crippen molar-refractivity contribution in [2.24, 2.45) is 0 Å². The molecule has 0 atom stereocenters. The highest BCUT2D eigenvalue weighted by Crippen LogP contribution is 2.30. The summed E-state index contributed by atoms with van der Waals surface area (Å²) >= 11 is 6.05. The molecule has 6 heteroatoms. The van der Waals surface area contributed by atoms with E-state index in [9.17, 15) is 4.79 Å². The van der Waals surface area contributed by atoms with E-state index in [1.807, 2.05) is 30.3 Å². The number of ether oxygens (including phenoxy) is 1. The Hall–Kier alpha value is -3.05. The van der Waals surface area contributed by atoms with Crippen LogP contribution in [0, 0.1) is 0 Å². The van der Waals surface area contributed by atoms with E-state index in [2.05, 4.69) is 15.6 Å². The number of amides is 1. The minimum atomic E-state index is -0.167. The third-order valence-electron chi connectivity index (χ3n) is 3.98. The lowest BCUT2D eigenvalue weighted by Gasteiger charge is -2.12. The molecule has 0 fully saturated rings. The zero-order valence-corrected chi connectivity index (χ0v) is 15.7. The van der Waals surface area contributed by atoms with Crippen molar-refractivity contribution in [1.29, 1.82) is 0 Å². The first kappa shape index (κ1) is 18.7. The first-order valence-electron chi connectivity index (χ1n) is 8.53. The number of anilines is 2. The molecule has 0 saturated heterocycles. The summed E-state index contributed by atoms with van der Waals surface area (Å²) in [4.78, 5) is 16.5. The van der Waals surface area contributed by atoms with Gasteiger partial charge in [0.1, 0.15) is 5.75 Å². The standard InChI is InChI=1S/C21H20ClN3O2/c1-27-20-8-7-17(22)12-19(20)25-18-11-16(13-23-14-18)21(26)24-10-9-15-5-3-2-4-6-15/h2-8,11-14,25H,9-10H2,1H3,(H,24,26). The summed E-state index contributed by atoms with van der Waals surface area (Å²) in [5, 5.41) is 6.69. The van der Waals surface area contributed by atoms with Crippen LogP contribution in [0.25, 0.3) is 0 Å². The quantitative estimate of drug-likeness (QED) is 0.634. The number of halogens is 1. The van der Waals surface area contributed by atoms with E-state index in [1.165, 1.54) is 11.8 Å². The van der Waals surface area contributed by atoms with Crippen molar-refractivity contribution < 1.29 is 9.53 Å². The number of carbonyl (C=O) groups is 1. The number of aromatic nitrogens is 1. The molecular weight excluding hydrogens is 362 g/mol. The zero-order chi connectivity index (χ0) is 19.1. The van der Waals surface area contributed by atoms with Crippen LogP contribution in [-0.4, -0.2) is 24.5 Å². The normalized spacial score (nSPS) is 10.3. The molecule has 0 aliphatic carbocycles. The van der Waals surface area contributed by atoms with E-state index in [-0.39, 0.29) is 5.91 Å². The molecule has 27 heavy (non-hydrogen) atoms. The minimum absolute atomic E-state index is 0.167. The lowest BCUT2D eigenvalue weighted by Crippen LogP contribution is -2.25. The van der Waals surface area contributed by atoms with Gasteiger partial charge in [0.15, 0.2) is 0 Å². The molecule has 138 valence electrons. The van der Waals surface area contributed by atoms with Crippen LogP contribution >= 0.6 is 11.6 Å². The molecule has 3 rings (SSSR count). The van der Waals surface area contributed by atoms with E-state index < -0.39 is 0 Å². The number of nitrogens with zero attached hydrogens (tertiary/aromatic N) is 1. The Bertz CT molecular complexity index is 916. The smallest absolute Gasteiger partial charge is 0.252 e. The van der Waals surface area contributed by atoms with Crippen molar-refractivity contribution in [2.75, 3.05) is 19.0 Å². The summed E-state index contributed by atoms with van der Waals surface area (Å²) in [5.41, 5.74) is 3.04. The van der Waals surface area contributed by atoms with Gasteiger partial charge in [-0.2, -0.15) is 0 Å². The molecule has 0 aliphatic heterocycles. The highest BCUT2D eigenvalue weighted by atomic mass is 35.5. The molecule has 5 nitrogen and oxygen atoms in total. The number of hydrogen-bond acceptors (Lipinski definition) is 4. The van der Waals surface area contributed by atoms with Crippen LogP contribution in [-0.2, 0) is 6.42 Å². The molecule has 0 unspecified atom stereocenters. The molecule has 3 aromatic rings. The highest BCUT2D eigenvalue weighted by Gasteiger charge is 2.09. The Balaban J connectivity index is 1.64. The number of rotatable bonds is 7. The topological polar surface area (TPSA) is 63.2 Å². The van der Waals surface area contributed by atoms with Crippen molar-refractivity contribution in [1.82, 2.24) is 10.3 Å². The maximum absolute atomic E-state index is 12.4. The minimum Gasteiger partial charge on any atom is -0.495 e. The molecule has 0 aliphatic rings. The third-order valence-corrected chi connectivity index (χ3v) is 4.22. The zero-order valence-electron chi connectivity index (χ0n) is 14.9. The highest BCUT2D eigenvalue weighted by molar-refractivity contribution is 6.31. The molecule has 2 aromatic carbocycles. The Morgan fingerprint density at radius 2 is 1.93 bits per heavy atom. The van der Waals surface area contributed by atoms with Gasteiger partial charge in [-0.3, -0.25) is 9.78 Å². The van der Waals surface area contributed by atoms with Crippen molar-refractivity contribution >= 4 is 28.9 Å². The number of pyridine rings is 1. The summed E-state index contributed by atoms with van der Waals surface area (Å²) in [6.07, 6.45) is 3.96. The Morgan fingerprint density at radius 3 is 2.70 bits per heavy atom. The van der Waals surface area contributed by atoms with E-state index in [0.29, 0.717) is 34.3 Å². The maximum Gasteiger partial charge on any atom is 0.252 e. The second-order valence-corrected chi connectivity index (χ2v) is 6.36. The predicted octanol–water partition coefficient (Wildman–Crippen LogP) is 4.46. The van der Waals surface area contributed by atoms with E-state index in [4.69, 9.17) is 16.3 Å². The van der Waals surface area contributed by atoms with Gasteiger partial charge in [-0.15, -0.1) is 0 Å². The summed E-state index contributed by atoms with van der Waals surface area (Å²) in [5.74, 6) is 0.484. The Kier molecular flexibility index (Phi) is 6.28. The molecule has 1 aromatic heterocycles. The van der Waals surface area contributed by atoms with Crippen LogP contribution in [0.5, 0.6) is 5.75 Å². The van der Waals surface area contributed by atoms with Crippen LogP contribution in [0.1, 0.15) is 15.9 Å². The van der Waals surface area contributed by atoms with Crippen molar-refractivity contribution in [3.63, 3.8) is 0 Å². The van der Waals surface area contributed by atoms with Gasteiger partial charge in [-0.1, -0.05) is 41.9 Å². The second-order valence-electron chi connectivity index (χ2n) is 5.92. The van der Waals surface area contributed by atoms with Crippen molar-refractivity contribution in [3.8, 4) is 5.75 Å². The number of methoxy groups -OCH3 is 1. The fourth-order valence-electron chi connectivity index (χ4n) is 2.63. The number of hydrogen-bond donors (Lipinski definition) is 2.